The molecule has 0 aliphatic rings. The van der Waals surface area contributed by atoms with Crippen molar-refractivity contribution in [2.45, 2.75) is 13.8 Å². The third kappa shape index (κ3) is 5.72. The predicted molar refractivity (Wildman–Crippen MR) is 71.5 cm³/mol. The summed E-state index contributed by atoms with van der Waals surface area (Å²) in [5.41, 5.74) is 0.800. The van der Waals surface area contributed by atoms with Gasteiger partial charge >= 0.3 is 5.97 Å². The number of carbonyl (C=O) groups is 1. The van der Waals surface area contributed by atoms with Crippen LogP contribution in [0.2, 0.25) is 0 Å². The second-order valence-electron chi connectivity index (χ2n) is 3.36. The van der Waals surface area contributed by atoms with E-state index in [1.54, 1.807) is 6.92 Å². The van der Waals surface area contributed by atoms with Crippen molar-refractivity contribution in [1.82, 2.24) is 0 Å². The van der Waals surface area contributed by atoms with Gasteiger partial charge < -0.3 is 14.3 Å². The van der Waals surface area contributed by atoms with E-state index >= 15 is 0 Å². The maximum absolute atomic E-state index is 11.0. The van der Waals surface area contributed by atoms with E-state index in [0.717, 1.165) is 17.9 Å². The number of ether oxygens (including phenoxy) is 2. The average molecular weight is 263 g/mol. The number of oxime groups is 1. The van der Waals surface area contributed by atoms with Crippen molar-refractivity contribution < 1.29 is 19.1 Å². The summed E-state index contributed by atoms with van der Waals surface area (Å²) in [5.74, 6) is -0.119. The Morgan fingerprint density at radius 1 is 1.16 bits per heavy atom. The highest BCUT2D eigenvalue weighted by Gasteiger charge is 2.03. The van der Waals surface area contributed by atoms with Gasteiger partial charge in [0.05, 0.1) is 19.3 Å². The van der Waals surface area contributed by atoms with Crippen molar-refractivity contribution in [2.24, 2.45) is 5.16 Å². The highest BCUT2D eigenvalue weighted by molar-refractivity contribution is 5.93. The molecule has 0 atom stereocenters. The largest absolute Gasteiger partial charge is 0.475 e. The first-order chi connectivity index (χ1) is 9.27. The zero-order chi connectivity index (χ0) is 13.9. The van der Waals surface area contributed by atoms with E-state index in [2.05, 4.69) is 5.16 Å². The smallest absolute Gasteiger partial charge is 0.333 e. The SMILES string of the molecule is CCOC(=O)/C=C/O/N=C(/OCC)c1ccccc1. The van der Waals surface area contributed by atoms with Crippen LogP contribution in [0.1, 0.15) is 19.4 Å². The van der Waals surface area contributed by atoms with Gasteiger partial charge in [-0.25, -0.2) is 4.79 Å². The topological polar surface area (TPSA) is 57.1 Å². The van der Waals surface area contributed by atoms with Gasteiger partial charge in [-0.3, -0.25) is 0 Å². The van der Waals surface area contributed by atoms with Crippen molar-refractivity contribution in [2.75, 3.05) is 13.2 Å². The Bertz CT molecular complexity index is 440. The lowest BCUT2D eigenvalue weighted by molar-refractivity contribution is -0.137. The molecule has 0 spiro atoms. The number of benzene rings is 1. The molecular weight excluding hydrogens is 246 g/mol. The molecule has 0 aliphatic heterocycles. The highest BCUT2D eigenvalue weighted by atomic mass is 16.6. The third-order valence-corrected chi connectivity index (χ3v) is 1.99. The Morgan fingerprint density at radius 3 is 2.47 bits per heavy atom. The first-order valence-corrected chi connectivity index (χ1v) is 6.03. The summed E-state index contributed by atoms with van der Waals surface area (Å²) in [6, 6.07) is 9.35. The number of carbonyl (C=O) groups excluding carboxylic acids is 1. The van der Waals surface area contributed by atoms with Crippen molar-refractivity contribution in [3.63, 3.8) is 0 Å². The zero-order valence-corrected chi connectivity index (χ0v) is 11.0. The lowest BCUT2D eigenvalue weighted by Gasteiger charge is -2.05. The van der Waals surface area contributed by atoms with Crippen molar-refractivity contribution in [3.05, 3.63) is 48.2 Å². The molecule has 1 aromatic rings. The summed E-state index contributed by atoms with van der Waals surface area (Å²) in [7, 11) is 0. The van der Waals surface area contributed by atoms with Gasteiger partial charge in [0, 0.05) is 5.56 Å². The van der Waals surface area contributed by atoms with Gasteiger partial charge in [0.2, 0.25) is 0 Å². The van der Waals surface area contributed by atoms with Crippen molar-refractivity contribution >= 4 is 11.9 Å². The van der Waals surface area contributed by atoms with Crippen LogP contribution in [0.3, 0.4) is 0 Å². The third-order valence-electron chi connectivity index (χ3n) is 1.99. The maximum Gasteiger partial charge on any atom is 0.333 e. The standard InChI is InChI=1S/C14H17NO4/c1-3-17-13(16)10-11-19-15-14(18-4-2)12-8-6-5-7-9-12/h5-11H,3-4H2,1-2H3/b11-10+,15-14+. The number of hydrogen-bond acceptors (Lipinski definition) is 5. The quantitative estimate of drug-likeness (QED) is 0.197. The Balaban J connectivity index is 2.62. The summed E-state index contributed by atoms with van der Waals surface area (Å²) in [6.07, 6.45) is 2.31. The number of nitrogens with zero attached hydrogens (tertiary/aromatic N) is 1. The summed E-state index contributed by atoms with van der Waals surface area (Å²) in [4.78, 5) is 15.9. The number of rotatable bonds is 6. The molecule has 0 N–H and O–H groups in total. The molecule has 5 heteroatoms. The fourth-order valence-electron chi connectivity index (χ4n) is 1.23. The van der Waals surface area contributed by atoms with Gasteiger partial charge in [-0.1, -0.05) is 18.2 Å². The van der Waals surface area contributed by atoms with Crippen LogP contribution in [0.5, 0.6) is 0 Å². The lowest BCUT2D eigenvalue weighted by atomic mass is 10.2. The van der Waals surface area contributed by atoms with Gasteiger partial charge in [0.25, 0.3) is 5.90 Å². The second-order valence-corrected chi connectivity index (χ2v) is 3.36. The molecular formula is C14H17NO4. The van der Waals surface area contributed by atoms with Crippen LogP contribution in [0.4, 0.5) is 0 Å². The Labute approximate surface area is 112 Å². The van der Waals surface area contributed by atoms with E-state index < -0.39 is 5.97 Å². The molecule has 0 aromatic heterocycles. The summed E-state index contributed by atoms with van der Waals surface area (Å²) < 4.78 is 10.1. The van der Waals surface area contributed by atoms with Crippen LogP contribution in [-0.4, -0.2) is 25.1 Å². The Kier molecular flexibility index (Phi) is 6.79. The monoisotopic (exact) mass is 263 g/mol. The van der Waals surface area contributed by atoms with Gasteiger partial charge in [-0.15, -0.1) is 0 Å². The molecule has 0 saturated heterocycles. The number of hydrogen-bond donors (Lipinski definition) is 0. The Morgan fingerprint density at radius 2 is 1.84 bits per heavy atom. The normalized spacial score (nSPS) is 11.4. The second kappa shape index (κ2) is 8.74. The molecule has 0 radical (unpaired) electrons. The van der Waals surface area contributed by atoms with Gasteiger partial charge in [-0.2, -0.15) is 0 Å². The van der Waals surface area contributed by atoms with E-state index in [-0.39, 0.29) is 0 Å². The summed E-state index contributed by atoms with van der Waals surface area (Å²) in [5, 5.41) is 3.82. The van der Waals surface area contributed by atoms with Crippen LogP contribution in [-0.2, 0) is 19.1 Å². The van der Waals surface area contributed by atoms with Crippen LogP contribution >= 0.6 is 0 Å². The first-order valence-electron chi connectivity index (χ1n) is 6.03. The minimum Gasteiger partial charge on any atom is -0.475 e. The molecule has 1 rings (SSSR count). The van der Waals surface area contributed by atoms with E-state index in [0.29, 0.717) is 19.1 Å². The molecule has 0 unspecified atom stereocenters. The minimum absolute atomic E-state index is 0.320. The molecule has 0 aliphatic carbocycles. The van der Waals surface area contributed by atoms with Crippen LogP contribution in [0, 0.1) is 0 Å². The van der Waals surface area contributed by atoms with E-state index in [4.69, 9.17) is 14.3 Å². The van der Waals surface area contributed by atoms with E-state index in [1.807, 2.05) is 37.3 Å². The highest BCUT2D eigenvalue weighted by Crippen LogP contribution is 2.03. The molecule has 0 amide bonds. The van der Waals surface area contributed by atoms with Crippen LogP contribution < -0.4 is 0 Å². The lowest BCUT2D eigenvalue weighted by Crippen LogP contribution is -2.06. The minimum atomic E-state index is -0.477. The fraction of sp³-hybridized carbons (Fsp3) is 0.286. The predicted octanol–water partition coefficient (Wildman–Crippen LogP) is 2.48. The molecule has 5 nitrogen and oxygen atoms in total. The first kappa shape index (κ1) is 14.8. The van der Waals surface area contributed by atoms with Gasteiger partial charge in [-0.05, 0) is 31.1 Å². The van der Waals surface area contributed by atoms with E-state index in [1.165, 1.54) is 0 Å². The summed E-state index contributed by atoms with van der Waals surface area (Å²) in [6.45, 7) is 4.37. The molecule has 0 heterocycles. The molecule has 1 aromatic carbocycles. The zero-order valence-electron chi connectivity index (χ0n) is 11.0. The molecule has 102 valence electrons. The molecule has 19 heavy (non-hydrogen) atoms. The fourth-order valence-corrected chi connectivity index (χ4v) is 1.23. The molecule has 0 bridgehead atoms. The Hall–Kier alpha value is -2.30. The van der Waals surface area contributed by atoms with Gasteiger partial charge in [0.1, 0.15) is 6.26 Å². The van der Waals surface area contributed by atoms with Gasteiger partial charge in [0.15, 0.2) is 0 Å². The summed E-state index contributed by atoms with van der Waals surface area (Å²) >= 11 is 0. The van der Waals surface area contributed by atoms with Crippen molar-refractivity contribution in [3.8, 4) is 0 Å². The van der Waals surface area contributed by atoms with E-state index in [9.17, 15) is 4.79 Å². The maximum atomic E-state index is 11.0. The number of esters is 1. The molecule has 0 fully saturated rings. The average Bonchev–Trinajstić information content (AvgIpc) is 2.43. The van der Waals surface area contributed by atoms with Crippen LogP contribution in [0.25, 0.3) is 0 Å². The molecule has 0 saturated carbocycles. The van der Waals surface area contributed by atoms with Crippen LogP contribution in [0.15, 0.2) is 47.8 Å². The van der Waals surface area contributed by atoms with Crippen molar-refractivity contribution in [1.29, 1.82) is 0 Å².